The Morgan fingerprint density at radius 3 is 2.79 bits per heavy atom. The fourth-order valence-corrected chi connectivity index (χ4v) is 3.22. The summed E-state index contributed by atoms with van der Waals surface area (Å²) in [5.74, 6) is 0.0690. The fourth-order valence-electron chi connectivity index (χ4n) is 2.07. The summed E-state index contributed by atoms with van der Waals surface area (Å²) < 4.78 is 25.4. The van der Waals surface area contributed by atoms with Crippen LogP contribution >= 0.6 is 0 Å². The van der Waals surface area contributed by atoms with Crippen LogP contribution < -0.4 is 14.9 Å². The van der Waals surface area contributed by atoms with Crippen molar-refractivity contribution in [3.8, 4) is 0 Å². The van der Waals surface area contributed by atoms with Gasteiger partial charge in [0, 0.05) is 19.3 Å². The lowest BCUT2D eigenvalue weighted by Crippen LogP contribution is -2.30. The lowest BCUT2D eigenvalue weighted by Gasteiger charge is -2.19. The average molecular weight is 283 g/mol. The smallest absolute Gasteiger partial charge is 0.318 e. The van der Waals surface area contributed by atoms with Gasteiger partial charge < -0.3 is 10.6 Å². The van der Waals surface area contributed by atoms with Crippen LogP contribution in [-0.4, -0.2) is 33.8 Å². The number of fused-ring (bicyclic) bond motifs is 1. The summed E-state index contributed by atoms with van der Waals surface area (Å²) in [5.41, 5.74) is 2.23. The number of rotatable bonds is 3. The van der Waals surface area contributed by atoms with Crippen molar-refractivity contribution in [2.24, 2.45) is 0 Å². The first kappa shape index (κ1) is 13.7. The standard InChI is InChI=1S/C12H17N3O3S/c1-3-19(17,18)15-7-6-9-4-5-10(8-11(9)15)14-12(16)13-2/h4-5,8H,3,6-7H2,1-2H3,(H2,13,14,16). The van der Waals surface area contributed by atoms with Gasteiger partial charge in [-0.05, 0) is 31.0 Å². The maximum atomic E-state index is 12.0. The van der Waals surface area contributed by atoms with Crippen molar-refractivity contribution in [1.82, 2.24) is 5.32 Å². The first-order valence-corrected chi connectivity index (χ1v) is 7.71. The third-order valence-corrected chi connectivity index (χ3v) is 4.90. The van der Waals surface area contributed by atoms with E-state index in [4.69, 9.17) is 0 Å². The SMILES string of the molecule is CCS(=O)(=O)N1CCc2ccc(NC(=O)NC)cc21. The predicted octanol–water partition coefficient (Wildman–Crippen LogP) is 1.15. The van der Waals surface area contributed by atoms with E-state index in [1.165, 1.54) is 11.4 Å². The number of nitrogens with zero attached hydrogens (tertiary/aromatic N) is 1. The van der Waals surface area contributed by atoms with E-state index in [9.17, 15) is 13.2 Å². The quantitative estimate of drug-likeness (QED) is 0.873. The molecule has 0 bridgehead atoms. The molecule has 2 rings (SSSR count). The molecular weight excluding hydrogens is 266 g/mol. The lowest BCUT2D eigenvalue weighted by atomic mass is 10.1. The molecule has 7 heteroatoms. The second-order valence-corrected chi connectivity index (χ2v) is 6.45. The molecule has 1 heterocycles. The molecule has 0 spiro atoms. The Labute approximate surface area is 112 Å². The summed E-state index contributed by atoms with van der Waals surface area (Å²) in [6.07, 6.45) is 0.703. The van der Waals surface area contributed by atoms with E-state index < -0.39 is 10.0 Å². The van der Waals surface area contributed by atoms with Gasteiger partial charge in [-0.3, -0.25) is 4.31 Å². The number of urea groups is 1. The van der Waals surface area contributed by atoms with Gasteiger partial charge in [0.05, 0.1) is 11.4 Å². The molecule has 1 aliphatic heterocycles. The Morgan fingerprint density at radius 1 is 1.42 bits per heavy atom. The molecule has 2 amide bonds. The van der Waals surface area contributed by atoms with E-state index in [0.717, 1.165) is 5.56 Å². The lowest BCUT2D eigenvalue weighted by molar-refractivity contribution is 0.254. The predicted molar refractivity (Wildman–Crippen MR) is 75.0 cm³/mol. The third-order valence-electron chi connectivity index (χ3n) is 3.12. The summed E-state index contributed by atoms with van der Waals surface area (Å²) in [4.78, 5) is 11.3. The molecule has 1 aromatic rings. The largest absolute Gasteiger partial charge is 0.341 e. The molecule has 1 aromatic carbocycles. The summed E-state index contributed by atoms with van der Waals surface area (Å²) in [7, 11) is -1.73. The molecule has 0 unspecified atom stereocenters. The third kappa shape index (κ3) is 2.65. The van der Waals surface area contributed by atoms with Crippen LogP contribution in [0.2, 0.25) is 0 Å². The van der Waals surface area contributed by atoms with E-state index in [1.54, 1.807) is 19.1 Å². The summed E-state index contributed by atoms with van der Waals surface area (Å²) >= 11 is 0. The molecule has 6 nitrogen and oxygen atoms in total. The molecule has 0 atom stereocenters. The van der Waals surface area contributed by atoms with Crippen molar-refractivity contribution >= 4 is 27.4 Å². The van der Waals surface area contributed by atoms with Gasteiger partial charge in [0.1, 0.15) is 0 Å². The van der Waals surface area contributed by atoms with Crippen LogP contribution in [0.1, 0.15) is 12.5 Å². The number of carbonyl (C=O) groups excluding carboxylic acids is 1. The second-order valence-electron chi connectivity index (χ2n) is 4.27. The normalized spacial score (nSPS) is 14.1. The first-order valence-electron chi connectivity index (χ1n) is 6.10. The zero-order valence-corrected chi connectivity index (χ0v) is 11.8. The Kier molecular flexibility index (Phi) is 3.66. The number of carbonyl (C=O) groups is 1. The van der Waals surface area contributed by atoms with E-state index in [1.807, 2.05) is 6.07 Å². The maximum absolute atomic E-state index is 12.0. The van der Waals surface area contributed by atoms with Gasteiger partial charge in [-0.2, -0.15) is 0 Å². The van der Waals surface area contributed by atoms with Crippen molar-refractivity contribution in [3.05, 3.63) is 23.8 Å². The highest BCUT2D eigenvalue weighted by molar-refractivity contribution is 7.92. The zero-order chi connectivity index (χ0) is 14.0. The first-order chi connectivity index (χ1) is 8.97. The van der Waals surface area contributed by atoms with E-state index in [-0.39, 0.29) is 11.8 Å². The Hall–Kier alpha value is -1.76. The molecule has 1 aliphatic rings. The van der Waals surface area contributed by atoms with Crippen LogP contribution in [0.25, 0.3) is 0 Å². The number of benzene rings is 1. The molecule has 0 radical (unpaired) electrons. The van der Waals surface area contributed by atoms with Crippen molar-refractivity contribution < 1.29 is 13.2 Å². The van der Waals surface area contributed by atoms with Crippen LogP contribution in [0.15, 0.2) is 18.2 Å². The highest BCUT2D eigenvalue weighted by Gasteiger charge is 2.28. The van der Waals surface area contributed by atoms with Gasteiger partial charge in [-0.25, -0.2) is 13.2 Å². The van der Waals surface area contributed by atoms with E-state index in [0.29, 0.717) is 24.3 Å². The number of nitrogens with one attached hydrogen (secondary N) is 2. The highest BCUT2D eigenvalue weighted by Crippen LogP contribution is 2.32. The van der Waals surface area contributed by atoms with E-state index in [2.05, 4.69) is 10.6 Å². The summed E-state index contributed by atoms with van der Waals surface area (Å²) in [6, 6.07) is 5.00. The minimum absolute atomic E-state index is 0.0690. The zero-order valence-electron chi connectivity index (χ0n) is 10.9. The maximum Gasteiger partial charge on any atom is 0.318 e. The molecular formula is C12H17N3O3S. The van der Waals surface area contributed by atoms with Crippen LogP contribution in [0.3, 0.4) is 0 Å². The molecule has 19 heavy (non-hydrogen) atoms. The Balaban J connectivity index is 2.34. The summed E-state index contributed by atoms with van der Waals surface area (Å²) in [6.45, 7) is 2.09. The van der Waals surface area contributed by atoms with Crippen LogP contribution in [0, 0.1) is 0 Å². The monoisotopic (exact) mass is 283 g/mol. The molecule has 2 N–H and O–H groups in total. The van der Waals surface area contributed by atoms with Crippen LogP contribution in [0.5, 0.6) is 0 Å². The second kappa shape index (κ2) is 5.08. The highest BCUT2D eigenvalue weighted by atomic mass is 32.2. The molecule has 0 fully saturated rings. The minimum Gasteiger partial charge on any atom is -0.341 e. The van der Waals surface area contributed by atoms with Gasteiger partial charge in [0.2, 0.25) is 10.0 Å². The van der Waals surface area contributed by atoms with Gasteiger partial charge in [0.15, 0.2) is 0 Å². The summed E-state index contributed by atoms with van der Waals surface area (Å²) in [5, 5.41) is 5.09. The number of hydrogen-bond donors (Lipinski definition) is 2. The topological polar surface area (TPSA) is 78.5 Å². The van der Waals surface area contributed by atoms with Crippen molar-refractivity contribution in [2.45, 2.75) is 13.3 Å². The molecule has 0 aromatic heterocycles. The van der Waals surface area contributed by atoms with Crippen molar-refractivity contribution in [1.29, 1.82) is 0 Å². The van der Waals surface area contributed by atoms with E-state index >= 15 is 0 Å². The van der Waals surface area contributed by atoms with Crippen molar-refractivity contribution in [2.75, 3.05) is 29.0 Å². The van der Waals surface area contributed by atoms with Gasteiger partial charge in [0.25, 0.3) is 0 Å². The van der Waals surface area contributed by atoms with Gasteiger partial charge >= 0.3 is 6.03 Å². The van der Waals surface area contributed by atoms with Crippen molar-refractivity contribution in [3.63, 3.8) is 0 Å². The number of hydrogen-bond acceptors (Lipinski definition) is 3. The number of amides is 2. The number of anilines is 2. The van der Waals surface area contributed by atoms with Gasteiger partial charge in [-0.1, -0.05) is 6.07 Å². The Bertz CT molecular complexity index is 598. The number of sulfonamides is 1. The fraction of sp³-hybridized carbons (Fsp3) is 0.417. The van der Waals surface area contributed by atoms with Crippen LogP contribution in [-0.2, 0) is 16.4 Å². The molecule has 0 saturated heterocycles. The molecule has 0 aliphatic carbocycles. The Morgan fingerprint density at radius 2 is 2.16 bits per heavy atom. The minimum atomic E-state index is -3.26. The van der Waals surface area contributed by atoms with Gasteiger partial charge in [-0.15, -0.1) is 0 Å². The average Bonchev–Trinajstić information content (AvgIpc) is 2.82. The van der Waals surface area contributed by atoms with Crippen LogP contribution in [0.4, 0.5) is 16.2 Å². The molecule has 104 valence electrons. The molecule has 0 saturated carbocycles.